The molecule has 1 aromatic rings. The van der Waals surface area contributed by atoms with Crippen LogP contribution in [0.2, 0.25) is 0 Å². The van der Waals surface area contributed by atoms with E-state index in [4.69, 9.17) is 16.3 Å². The number of terminal acetylenes is 1. The van der Waals surface area contributed by atoms with Gasteiger partial charge in [0.15, 0.2) is 6.61 Å². The van der Waals surface area contributed by atoms with E-state index < -0.39 is 11.9 Å². The lowest BCUT2D eigenvalue weighted by Crippen LogP contribution is -2.29. The van der Waals surface area contributed by atoms with E-state index in [0.29, 0.717) is 0 Å². The maximum absolute atomic E-state index is 11.2. The maximum atomic E-state index is 11.2. The quantitative estimate of drug-likeness (QED) is 0.610. The summed E-state index contributed by atoms with van der Waals surface area (Å²) in [6.07, 6.45) is 4.98. The molecule has 18 heavy (non-hydrogen) atoms. The summed E-state index contributed by atoms with van der Waals surface area (Å²) in [6, 6.07) is 4.68. The van der Waals surface area contributed by atoms with Gasteiger partial charge in [-0.05, 0) is 40.8 Å². The molecule has 5 nitrogen and oxygen atoms in total. The van der Waals surface area contributed by atoms with Crippen LogP contribution in [0.25, 0.3) is 0 Å². The molecule has 6 heteroatoms. The van der Waals surface area contributed by atoms with Crippen LogP contribution in [-0.4, -0.2) is 30.1 Å². The molecule has 0 atom stereocenters. The third-order valence-electron chi connectivity index (χ3n) is 1.92. The molecule has 2 N–H and O–H groups in total. The highest BCUT2D eigenvalue weighted by Gasteiger charge is 2.12. The molecule has 0 aromatic heterocycles. The Hall–Kier alpha value is -1.75. The highest BCUT2D eigenvalue weighted by molar-refractivity contribution is 14.1. The number of carboxylic acid groups (broad SMARTS) is 1. The van der Waals surface area contributed by atoms with Crippen molar-refractivity contribution in [2.75, 3.05) is 13.2 Å². The minimum Gasteiger partial charge on any atom is -0.483 e. The second-order valence-corrected chi connectivity index (χ2v) is 4.46. The molecular formula is C12H10INO4. The van der Waals surface area contributed by atoms with Crippen molar-refractivity contribution < 1.29 is 19.4 Å². The van der Waals surface area contributed by atoms with Crippen molar-refractivity contribution in [3.63, 3.8) is 0 Å². The topological polar surface area (TPSA) is 75.6 Å². The molecule has 0 bridgehead atoms. The van der Waals surface area contributed by atoms with Gasteiger partial charge in [-0.15, -0.1) is 6.42 Å². The van der Waals surface area contributed by atoms with Gasteiger partial charge in [0.1, 0.15) is 11.3 Å². The van der Waals surface area contributed by atoms with Crippen LogP contribution in [0.15, 0.2) is 18.2 Å². The van der Waals surface area contributed by atoms with E-state index in [0.717, 1.165) is 3.57 Å². The molecule has 0 fully saturated rings. The molecule has 0 aliphatic carbocycles. The molecular weight excluding hydrogens is 349 g/mol. The van der Waals surface area contributed by atoms with Crippen molar-refractivity contribution >= 4 is 34.5 Å². The zero-order valence-electron chi connectivity index (χ0n) is 9.27. The second-order valence-electron chi connectivity index (χ2n) is 3.22. The van der Waals surface area contributed by atoms with Crippen molar-refractivity contribution in [3.05, 3.63) is 27.3 Å². The summed E-state index contributed by atoms with van der Waals surface area (Å²) in [5, 5.41) is 11.4. The van der Waals surface area contributed by atoms with Crippen LogP contribution >= 0.6 is 22.6 Å². The van der Waals surface area contributed by atoms with Crippen molar-refractivity contribution in [1.29, 1.82) is 0 Å². The lowest BCUT2D eigenvalue weighted by Gasteiger charge is -2.09. The van der Waals surface area contributed by atoms with Gasteiger partial charge in [-0.2, -0.15) is 0 Å². The smallest absolute Gasteiger partial charge is 0.339 e. The number of hydrogen-bond donors (Lipinski definition) is 2. The summed E-state index contributed by atoms with van der Waals surface area (Å²) in [4.78, 5) is 22.2. The largest absolute Gasteiger partial charge is 0.483 e. The van der Waals surface area contributed by atoms with Crippen molar-refractivity contribution in [2.24, 2.45) is 0 Å². The average Bonchev–Trinajstić information content (AvgIpc) is 2.34. The van der Waals surface area contributed by atoms with Gasteiger partial charge in [-0.3, -0.25) is 4.79 Å². The molecule has 0 unspecified atom stereocenters. The lowest BCUT2D eigenvalue weighted by molar-refractivity contribution is -0.122. The van der Waals surface area contributed by atoms with Crippen molar-refractivity contribution in [2.45, 2.75) is 0 Å². The summed E-state index contributed by atoms with van der Waals surface area (Å²) in [7, 11) is 0. The molecule has 1 rings (SSSR count). The molecule has 0 heterocycles. The predicted octanol–water partition coefficient (Wildman–Crippen LogP) is 1.12. The van der Waals surface area contributed by atoms with Crippen LogP contribution in [0.1, 0.15) is 10.4 Å². The highest BCUT2D eigenvalue weighted by Crippen LogP contribution is 2.21. The SMILES string of the molecule is C#CCNC(=O)COc1ccc(I)cc1C(=O)O. The summed E-state index contributed by atoms with van der Waals surface area (Å²) >= 11 is 2.00. The van der Waals surface area contributed by atoms with Crippen LogP contribution in [-0.2, 0) is 4.79 Å². The van der Waals surface area contributed by atoms with E-state index in [1.807, 2.05) is 22.6 Å². The fourth-order valence-electron chi connectivity index (χ4n) is 1.14. The minimum absolute atomic E-state index is 0.0200. The van der Waals surface area contributed by atoms with Crippen LogP contribution in [0.5, 0.6) is 5.75 Å². The van der Waals surface area contributed by atoms with Crippen LogP contribution in [0.4, 0.5) is 0 Å². The number of halogens is 1. The fraction of sp³-hybridized carbons (Fsp3) is 0.167. The van der Waals surface area contributed by atoms with Gasteiger partial charge in [-0.1, -0.05) is 5.92 Å². The molecule has 0 aliphatic rings. The van der Waals surface area contributed by atoms with Gasteiger partial charge in [0, 0.05) is 3.57 Å². The molecule has 0 aliphatic heterocycles. The first-order valence-electron chi connectivity index (χ1n) is 4.90. The molecule has 1 amide bonds. The first-order valence-corrected chi connectivity index (χ1v) is 5.98. The Kier molecular flexibility index (Phi) is 5.45. The number of aromatic carboxylic acids is 1. The zero-order chi connectivity index (χ0) is 13.5. The number of nitrogens with one attached hydrogen (secondary N) is 1. The zero-order valence-corrected chi connectivity index (χ0v) is 11.4. The Balaban J connectivity index is 2.70. The number of amides is 1. The standard InChI is InChI=1S/C12H10INO4/c1-2-5-14-11(15)7-18-10-4-3-8(13)6-9(10)12(16)17/h1,3-4,6H,5,7H2,(H,14,15)(H,16,17). The van der Waals surface area contributed by atoms with Gasteiger partial charge in [0.25, 0.3) is 5.91 Å². The minimum atomic E-state index is -1.10. The Labute approximate surface area is 118 Å². The summed E-state index contributed by atoms with van der Waals surface area (Å²) in [5.41, 5.74) is 0.0200. The number of carbonyl (C=O) groups is 2. The molecule has 0 saturated carbocycles. The monoisotopic (exact) mass is 359 g/mol. The Morgan fingerprint density at radius 3 is 2.83 bits per heavy atom. The van der Waals surface area contributed by atoms with E-state index in [1.54, 1.807) is 6.07 Å². The molecule has 0 saturated heterocycles. The van der Waals surface area contributed by atoms with E-state index >= 15 is 0 Å². The number of hydrogen-bond acceptors (Lipinski definition) is 3. The third kappa shape index (κ3) is 4.25. The van der Waals surface area contributed by atoms with E-state index in [-0.39, 0.29) is 24.5 Å². The number of carboxylic acids is 1. The summed E-state index contributed by atoms with van der Waals surface area (Å²) in [5.74, 6) is 0.899. The fourth-order valence-corrected chi connectivity index (χ4v) is 1.63. The Morgan fingerprint density at radius 2 is 2.22 bits per heavy atom. The van der Waals surface area contributed by atoms with Crippen LogP contribution in [0.3, 0.4) is 0 Å². The van der Waals surface area contributed by atoms with Gasteiger partial charge in [0.2, 0.25) is 0 Å². The van der Waals surface area contributed by atoms with Gasteiger partial charge < -0.3 is 15.2 Å². The maximum Gasteiger partial charge on any atom is 0.339 e. The molecule has 1 aromatic carbocycles. The third-order valence-corrected chi connectivity index (χ3v) is 2.59. The summed E-state index contributed by atoms with van der Waals surface area (Å²) < 4.78 is 5.92. The van der Waals surface area contributed by atoms with Gasteiger partial charge in [-0.25, -0.2) is 4.79 Å². The summed E-state index contributed by atoms with van der Waals surface area (Å²) in [6.45, 7) is -0.163. The molecule has 0 radical (unpaired) electrons. The van der Waals surface area contributed by atoms with Gasteiger partial charge in [0.05, 0.1) is 6.54 Å². The average molecular weight is 359 g/mol. The van der Waals surface area contributed by atoms with Crippen LogP contribution in [0, 0.1) is 15.9 Å². The first kappa shape index (κ1) is 14.3. The number of benzene rings is 1. The van der Waals surface area contributed by atoms with E-state index in [9.17, 15) is 9.59 Å². The Bertz CT molecular complexity index is 507. The number of carbonyl (C=O) groups excluding carboxylic acids is 1. The molecule has 0 spiro atoms. The lowest BCUT2D eigenvalue weighted by atomic mass is 10.2. The normalized spacial score (nSPS) is 9.33. The number of rotatable bonds is 5. The van der Waals surface area contributed by atoms with E-state index in [2.05, 4.69) is 11.2 Å². The number of ether oxygens (including phenoxy) is 1. The highest BCUT2D eigenvalue weighted by atomic mass is 127. The van der Waals surface area contributed by atoms with Crippen LogP contribution < -0.4 is 10.1 Å². The van der Waals surface area contributed by atoms with Crippen molar-refractivity contribution in [1.82, 2.24) is 5.32 Å². The van der Waals surface area contributed by atoms with Crippen molar-refractivity contribution in [3.8, 4) is 18.1 Å². The molecule has 94 valence electrons. The van der Waals surface area contributed by atoms with Gasteiger partial charge >= 0.3 is 5.97 Å². The second kappa shape index (κ2) is 6.86. The first-order chi connectivity index (χ1) is 8.54. The Morgan fingerprint density at radius 1 is 1.50 bits per heavy atom. The van der Waals surface area contributed by atoms with E-state index in [1.165, 1.54) is 12.1 Å². The predicted molar refractivity (Wildman–Crippen MR) is 73.5 cm³/mol.